The Morgan fingerprint density at radius 2 is 1.81 bits per heavy atom. The van der Waals surface area contributed by atoms with Crippen molar-refractivity contribution in [3.63, 3.8) is 0 Å². The zero-order chi connectivity index (χ0) is 23.0. The third-order valence-corrected chi connectivity index (χ3v) is 7.73. The predicted molar refractivity (Wildman–Crippen MR) is 130 cm³/mol. The monoisotopic (exact) mass is 470 g/mol. The number of piperazine rings is 1. The molecule has 2 aromatic rings. The third-order valence-electron chi connectivity index (χ3n) is 6.32. The van der Waals surface area contributed by atoms with Crippen molar-refractivity contribution in [3.05, 3.63) is 51.2 Å². The molecule has 0 saturated carbocycles. The summed E-state index contributed by atoms with van der Waals surface area (Å²) in [5.41, 5.74) is -0.515. The Hall–Kier alpha value is -2.09. The summed E-state index contributed by atoms with van der Waals surface area (Å²) in [5, 5.41) is 19.9. The van der Waals surface area contributed by atoms with Crippen molar-refractivity contribution in [2.24, 2.45) is 5.92 Å². The first kappa shape index (κ1) is 24.6. The molecule has 170 valence electrons. The fourth-order valence-electron chi connectivity index (χ4n) is 4.24. The molecule has 2 heterocycles. The molecule has 5 nitrogen and oxygen atoms in total. The molecule has 3 rings (SSSR count). The van der Waals surface area contributed by atoms with Gasteiger partial charge in [-0.2, -0.15) is 10.5 Å². The molecule has 1 saturated heterocycles. The van der Waals surface area contributed by atoms with Crippen LogP contribution in [0.15, 0.2) is 36.4 Å². The third kappa shape index (κ3) is 6.24. The van der Waals surface area contributed by atoms with E-state index in [4.69, 9.17) is 16.3 Å². The molecule has 1 fully saturated rings. The molecule has 32 heavy (non-hydrogen) atoms. The summed E-state index contributed by atoms with van der Waals surface area (Å²) in [6.07, 6.45) is 1.80. The second-order valence-corrected chi connectivity index (χ2v) is 10.1. The molecule has 0 aliphatic carbocycles. The van der Waals surface area contributed by atoms with Crippen LogP contribution >= 0.6 is 22.9 Å². The minimum Gasteiger partial charge on any atom is -0.492 e. The number of hydrogen-bond donors (Lipinski definition) is 0. The van der Waals surface area contributed by atoms with Crippen LogP contribution in [-0.4, -0.2) is 55.7 Å². The van der Waals surface area contributed by atoms with Crippen molar-refractivity contribution in [1.29, 1.82) is 10.5 Å². The van der Waals surface area contributed by atoms with Gasteiger partial charge in [0.05, 0.1) is 11.5 Å². The van der Waals surface area contributed by atoms with Gasteiger partial charge in [0.2, 0.25) is 0 Å². The molecule has 1 unspecified atom stereocenters. The Morgan fingerprint density at radius 1 is 1.09 bits per heavy atom. The Labute approximate surface area is 200 Å². The lowest BCUT2D eigenvalue weighted by Gasteiger charge is -2.35. The lowest BCUT2D eigenvalue weighted by atomic mass is 9.73. The van der Waals surface area contributed by atoms with Crippen LogP contribution in [0.2, 0.25) is 5.02 Å². The number of benzene rings is 1. The molecular formula is C25H31ClN4OS. The van der Waals surface area contributed by atoms with E-state index in [0.29, 0.717) is 16.5 Å². The fraction of sp³-hybridized carbons (Fsp3) is 0.520. The van der Waals surface area contributed by atoms with Crippen LogP contribution in [0, 0.1) is 28.6 Å². The van der Waals surface area contributed by atoms with Gasteiger partial charge in [0.15, 0.2) is 0 Å². The maximum Gasteiger partial charge on any atom is 0.120 e. The highest BCUT2D eigenvalue weighted by Crippen LogP contribution is 2.40. The van der Waals surface area contributed by atoms with Gasteiger partial charge in [0, 0.05) is 42.6 Å². The maximum atomic E-state index is 10.1. The van der Waals surface area contributed by atoms with Crippen molar-refractivity contribution >= 4 is 22.9 Å². The number of ether oxygens (including phenoxy) is 1. The van der Waals surface area contributed by atoms with Crippen LogP contribution < -0.4 is 4.74 Å². The molecular weight excluding hydrogens is 440 g/mol. The lowest BCUT2D eigenvalue weighted by Crippen LogP contribution is -2.47. The summed E-state index contributed by atoms with van der Waals surface area (Å²) in [7, 11) is 0. The van der Waals surface area contributed by atoms with Crippen LogP contribution in [-0.2, 0) is 5.41 Å². The SMILES string of the molecule is CC(C)C(C#N)(CCCN1CCN(CCOc2cccc(Cl)c2)CC1)c1ccc(C#N)s1. The van der Waals surface area contributed by atoms with Gasteiger partial charge < -0.3 is 9.64 Å². The molecule has 1 aromatic heterocycles. The van der Waals surface area contributed by atoms with Crippen molar-refractivity contribution in [2.45, 2.75) is 32.1 Å². The van der Waals surface area contributed by atoms with Gasteiger partial charge in [-0.1, -0.05) is 31.5 Å². The van der Waals surface area contributed by atoms with E-state index in [-0.39, 0.29) is 5.92 Å². The van der Waals surface area contributed by atoms with E-state index in [1.54, 1.807) is 0 Å². The molecule has 0 bridgehead atoms. The smallest absolute Gasteiger partial charge is 0.120 e. The van der Waals surface area contributed by atoms with Crippen LogP contribution in [0.4, 0.5) is 0 Å². The van der Waals surface area contributed by atoms with Crippen LogP contribution in [0.1, 0.15) is 36.4 Å². The van der Waals surface area contributed by atoms with Gasteiger partial charge in [0.25, 0.3) is 0 Å². The Bertz CT molecular complexity index is 955. The number of halogens is 1. The predicted octanol–water partition coefficient (Wildman–Crippen LogP) is 5.17. The van der Waals surface area contributed by atoms with E-state index in [1.807, 2.05) is 36.4 Å². The normalized spacial score (nSPS) is 16.9. The second kappa shape index (κ2) is 11.7. The average molecular weight is 471 g/mol. The summed E-state index contributed by atoms with van der Waals surface area (Å²) in [4.78, 5) is 6.63. The van der Waals surface area contributed by atoms with E-state index >= 15 is 0 Å². The Morgan fingerprint density at radius 3 is 2.41 bits per heavy atom. The number of thiophene rings is 1. The zero-order valence-corrected chi connectivity index (χ0v) is 20.5. The minimum absolute atomic E-state index is 0.203. The zero-order valence-electron chi connectivity index (χ0n) is 18.9. The van der Waals surface area contributed by atoms with Gasteiger partial charge >= 0.3 is 0 Å². The first-order valence-electron chi connectivity index (χ1n) is 11.2. The van der Waals surface area contributed by atoms with Gasteiger partial charge in [-0.25, -0.2) is 0 Å². The molecule has 1 aliphatic rings. The summed E-state index contributed by atoms with van der Waals surface area (Å²) >= 11 is 7.46. The van der Waals surface area contributed by atoms with Crippen molar-refractivity contribution in [2.75, 3.05) is 45.9 Å². The summed E-state index contributed by atoms with van der Waals surface area (Å²) in [6.45, 7) is 10.9. The highest BCUT2D eigenvalue weighted by atomic mass is 35.5. The van der Waals surface area contributed by atoms with Crippen LogP contribution in [0.5, 0.6) is 5.75 Å². The van der Waals surface area contributed by atoms with Crippen molar-refractivity contribution in [1.82, 2.24) is 9.80 Å². The van der Waals surface area contributed by atoms with E-state index in [0.717, 1.165) is 62.7 Å². The molecule has 1 aliphatic heterocycles. The standard InChI is InChI=1S/C25H31ClN4OS/c1-20(2)25(19-28,24-8-7-23(18-27)32-24)9-4-10-29-11-13-30(14-12-29)15-16-31-22-6-3-5-21(26)17-22/h3,5-8,17,20H,4,9-16H2,1-2H3. The topological polar surface area (TPSA) is 63.3 Å². The van der Waals surface area contributed by atoms with Gasteiger partial charge in [-0.05, 0) is 55.6 Å². The van der Waals surface area contributed by atoms with E-state index < -0.39 is 5.41 Å². The van der Waals surface area contributed by atoms with Crippen molar-refractivity contribution < 1.29 is 4.74 Å². The maximum absolute atomic E-state index is 10.1. The number of rotatable bonds is 10. The minimum atomic E-state index is -0.515. The highest BCUT2D eigenvalue weighted by molar-refractivity contribution is 7.12. The number of nitriles is 2. The quantitative estimate of drug-likeness (QED) is 0.479. The molecule has 1 aromatic carbocycles. The van der Waals surface area contributed by atoms with Crippen LogP contribution in [0.25, 0.3) is 0 Å². The number of hydrogen-bond acceptors (Lipinski definition) is 6. The molecule has 1 atom stereocenters. The van der Waals surface area contributed by atoms with E-state index in [1.165, 1.54) is 11.3 Å². The molecule has 0 spiro atoms. The summed E-state index contributed by atoms with van der Waals surface area (Å²) in [6, 6.07) is 16.1. The Balaban J connectivity index is 1.42. The Kier molecular flexibility index (Phi) is 8.96. The molecule has 0 amide bonds. The van der Waals surface area contributed by atoms with Gasteiger partial charge in [-0.3, -0.25) is 4.90 Å². The average Bonchev–Trinajstić information content (AvgIpc) is 3.27. The number of nitrogens with zero attached hydrogens (tertiary/aromatic N) is 4. The largest absolute Gasteiger partial charge is 0.492 e. The van der Waals surface area contributed by atoms with Gasteiger partial charge in [-0.15, -0.1) is 11.3 Å². The van der Waals surface area contributed by atoms with Gasteiger partial charge in [0.1, 0.15) is 23.3 Å². The van der Waals surface area contributed by atoms with E-state index in [9.17, 15) is 10.5 Å². The fourth-order valence-corrected chi connectivity index (χ4v) is 5.54. The molecule has 7 heteroatoms. The van der Waals surface area contributed by atoms with Crippen molar-refractivity contribution in [3.8, 4) is 17.9 Å². The lowest BCUT2D eigenvalue weighted by molar-refractivity contribution is 0.114. The van der Waals surface area contributed by atoms with E-state index in [2.05, 4.69) is 35.8 Å². The van der Waals surface area contributed by atoms with Crippen LogP contribution in [0.3, 0.4) is 0 Å². The highest BCUT2D eigenvalue weighted by Gasteiger charge is 2.37. The molecule has 0 radical (unpaired) electrons. The second-order valence-electron chi connectivity index (χ2n) is 8.61. The molecule has 0 N–H and O–H groups in total. The first-order chi connectivity index (χ1) is 15.5. The summed E-state index contributed by atoms with van der Waals surface area (Å²) < 4.78 is 5.82. The first-order valence-corrected chi connectivity index (χ1v) is 12.4. The summed E-state index contributed by atoms with van der Waals surface area (Å²) in [5.74, 6) is 1.02.